The first-order chi connectivity index (χ1) is 9.29. The van der Waals surface area contributed by atoms with Crippen molar-refractivity contribution >= 4 is 24.7 Å². The van der Waals surface area contributed by atoms with Gasteiger partial charge in [0.2, 0.25) is 6.41 Å². The number of benzene rings is 1. The predicted molar refractivity (Wildman–Crippen MR) is 76.6 cm³/mol. The zero-order valence-electron chi connectivity index (χ0n) is 12.1. The Bertz CT molecular complexity index is 562. The van der Waals surface area contributed by atoms with Crippen LogP contribution in [-0.4, -0.2) is 24.7 Å². The molecule has 1 aromatic carbocycles. The van der Waals surface area contributed by atoms with Crippen LogP contribution < -0.4 is 10.8 Å². The highest BCUT2D eigenvalue weighted by atomic mass is 16.7. The number of nitrogens with zero attached hydrogens (tertiary/aromatic N) is 1. The average molecular weight is 272 g/mol. The van der Waals surface area contributed by atoms with Gasteiger partial charge in [0, 0.05) is 5.69 Å². The number of nitrogens with one attached hydrogen (secondary N) is 1. The first-order valence-electron chi connectivity index (χ1n) is 6.40. The van der Waals surface area contributed by atoms with Crippen molar-refractivity contribution in [3.05, 3.63) is 23.8 Å². The summed E-state index contributed by atoms with van der Waals surface area (Å²) in [7, 11) is -0.555. The minimum Gasteiger partial charge on any atom is -0.399 e. The zero-order chi connectivity index (χ0) is 15.0. The Morgan fingerprint density at radius 3 is 2.30 bits per heavy atom. The first kappa shape index (κ1) is 14.6. The van der Waals surface area contributed by atoms with Crippen LogP contribution in [-0.2, 0) is 14.1 Å². The minimum atomic E-state index is -0.555. The average Bonchev–Trinajstić information content (AvgIpc) is 2.58. The molecule has 1 aliphatic heterocycles. The molecule has 20 heavy (non-hydrogen) atoms. The van der Waals surface area contributed by atoms with Gasteiger partial charge in [0.15, 0.2) is 0 Å². The molecule has 1 fully saturated rings. The van der Waals surface area contributed by atoms with E-state index in [4.69, 9.17) is 14.6 Å². The van der Waals surface area contributed by atoms with E-state index in [-0.39, 0.29) is 0 Å². The highest BCUT2D eigenvalue weighted by molar-refractivity contribution is 6.62. The van der Waals surface area contributed by atoms with Gasteiger partial charge >= 0.3 is 7.12 Å². The summed E-state index contributed by atoms with van der Waals surface area (Å²) in [6, 6.07) is 7.12. The molecule has 0 aliphatic carbocycles. The van der Waals surface area contributed by atoms with Gasteiger partial charge in [-0.2, -0.15) is 5.26 Å². The van der Waals surface area contributed by atoms with Gasteiger partial charge in [0.1, 0.15) is 0 Å². The van der Waals surface area contributed by atoms with Crippen LogP contribution in [0.1, 0.15) is 33.3 Å². The van der Waals surface area contributed by atoms with Gasteiger partial charge in [-0.1, -0.05) is 0 Å². The predicted octanol–water partition coefficient (Wildman–Crippen LogP) is 1.43. The SMILES string of the molecule is CC1(C)OB(c2cc(C#N)cc(NC=O)c2)OC1(C)C. The van der Waals surface area contributed by atoms with Crippen molar-refractivity contribution in [2.75, 3.05) is 5.32 Å². The summed E-state index contributed by atoms with van der Waals surface area (Å²) in [6.07, 6.45) is 0.574. The Hall–Kier alpha value is -1.84. The largest absolute Gasteiger partial charge is 0.494 e. The smallest absolute Gasteiger partial charge is 0.399 e. The van der Waals surface area contributed by atoms with E-state index in [2.05, 4.69) is 11.4 Å². The fraction of sp³-hybridized carbons (Fsp3) is 0.429. The van der Waals surface area contributed by atoms with Gasteiger partial charge in [-0.25, -0.2) is 0 Å². The van der Waals surface area contributed by atoms with E-state index in [1.807, 2.05) is 27.7 Å². The van der Waals surface area contributed by atoms with E-state index in [1.54, 1.807) is 18.2 Å². The number of anilines is 1. The summed E-state index contributed by atoms with van der Waals surface area (Å²) < 4.78 is 11.9. The number of hydrogen-bond acceptors (Lipinski definition) is 4. The highest BCUT2D eigenvalue weighted by Gasteiger charge is 2.51. The maximum absolute atomic E-state index is 10.6. The molecule has 0 spiro atoms. The number of carbonyl (C=O) groups is 1. The van der Waals surface area contributed by atoms with Crippen LogP contribution in [0.2, 0.25) is 0 Å². The number of amides is 1. The van der Waals surface area contributed by atoms with E-state index in [9.17, 15) is 4.79 Å². The summed E-state index contributed by atoms with van der Waals surface area (Å²) in [5.41, 5.74) is 0.814. The van der Waals surface area contributed by atoms with Crippen LogP contribution in [0.5, 0.6) is 0 Å². The third-order valence-electron chi connectivity index (χ3n) is 3.84. The fourth-order valence-corrected chi connectivity index (χ4v) is 1.98. The van der Waals surface area contributed by atoms with Crippen molar-refractivity contribution < 1.29 is 14.1 Å². The second-order valence-electron chi connectivity index (χ2n) is 5.81. The molecule has 6 heteroatoms. The quantitative estimate of drug-likeness (QED) is 0.667. The van der Waals surface area contributed by atoms with E-state index < -0.39 is 18.3 Å². The van der Waals surface area contributed by atoms with Crippen LogP contribution in [0.25, 0.3) is 0 Å². The monoisotopic (exact) mass is 272 g/mol. The molecule has 0 bridgehead atoms. The maximum atomic E-state index is 10.6. The molecule has 0 aromatic heterocycles. The molecule has 0 atom stereocenters. The molecular formula is C14H17BN2O3. The van der Waals surface area contributed by atoms with Crippen molar-refractivity contribution in [1.82, 2.24) is 0 Å². The van der Waals surface area contributed by atoms with E-state index in [1.165, 1.54) is 0 Å². The van der Waals surface area contributed by atoms with Gasteiger partial charge in [-0.05, 0) is 51.4 Å². The molecule has 1 heterocycles. The van der Waals surface area contributed by atoms with Crippen LogP contribution in [0, 0.1) is 11.3 Å². The fourth-order valence-electron chi connectivity index (χ4n) is 1.98. The second kappa shape index (κ2) is 4.93. The molecule has 0 unspecified atom stereocenters. The van der Waals surface area contributed by atoms with Crippen LogP contribution in [0.15, 0.2) is 18.2 Å². The normalized spacial score (nSPS) is 19.4. The molecule has 2 rings (SSSR count). The van der Waals surface area contributed by atoms with Gasteiger partial charge in [0.05, 0.1) is 22.8 Å². The molecule has 0 radical (unpaired) electrons. The molecule has 0 saturated carbocycles. The molecule has 1 amide bonds. The standard InChI is InChI=1S/C14H17BN2O3/c1-13(2)14(3,4)20-15(19-13)11-5-10(8-16)6-12(7-11)17-9-18/h5-7,9H,1-4H3,(H,17,18). The lowest BCUT2D eigenvalue weighted by molar-refractivity contribution is -0.105. The molecule has 5 nitrogen and oxygen atoms in total. The Labute approximate surface area is 119 Å². The molecule has 1 aliphatic rings. The molecule has 104 valence electrons. The van der Waals surface area contributed by atoms with Crippen molar-refractivity contribution in [3.8, 4) is 6.07 Å². The summed E-state index contributed by atoms with van der Waals surface area (Å²) >= 11 is 0. The van der Waals surface area contributed by atoms with Crippen LogP contribution in [0.3, 0.4) is 0 Å². The van der Waals surface area contributed by atoms with Gasteiger partial charge in [-0.15, -0.1) is 0 Å². The Morgan fingerprint density at radius 1 is 1.20 bits per heavy atom. The Balaban J connectivity index is 2.37. The third-order valence-corrected chi connectivity index (χ3v) is 3.84. The molecule has 1 saturated heterocycles. The number of rotatable bonds is 3. The highest BCUT2D eigenvalue weighted by Crippen LogP contribution is 2.36. The van der Waals surface area contributed by atoms with Crippen LogP contribution >= 0.6 is 0 Å². The molecule has 1 aromatic rings. The molecule has 1 N–H and O–H groups in total. The second-order valence-corrected chi connectivity index (χ2v) is 5.81. The Kier molecular flexibility index (Phi) is 3.59. The lowest BCUT2D eigenvalue weighted by Gasteiger charge is -2.32. The third kappa shape index (κ3) is 2.55. The van der Waals surface area contributed by atoms with Crippen LogP contribution in [0.4, 0.5) is 5.69 Å². The molecular weight excluding hydrogens is 255 g/mol. The maximum Gasteiger partial charge on any atom is 0.494 e. The number of hydrogen-bond donors (Lipinski definition) is 1. The van der Waals surface area contributed by atoms with Crippen molar-refractivity contribution in [3.63, 3.8) is 0 Å². The van der Waals surface area contributed by atoms with Gasteiger partial charge < -0.3 is 14.6 Å². The number of nitriles is 1. The van der Waals surface area contributed by atoms with Crippen molar-refractivity contribution in [2.24, 2.45) is 0 Å². The van der Waals surface area contributed by atoms with E-state index >= 15 is 0 Å². The summed E-state index contributed by atoms with van der Waals surface area (Å²) in [5, 5.41) is 11.6. The topological polar surface area (TPSA) is 71.3 Å². The Morgan fingerprint density at radius 2 is 1.80 bits per heavy atom. The lowest BCUT2D eigenvalue weighted by Crippen LogP contribution is -2.41. The summed E-state index contributed by atoms with van der Waals surface area (Å²) in [4.78, 5) is 10.6. The van der Waals surface area contributed by atoms with Crippen molar-refractivity contribution in [1.29, 1.82) is 5.26 Å². The van der Waals surface area contributed by atoms with Crippen molar-refractivity contribution in [2.45, 2.75) is 38.9 Å². The summed E-state index contributed by atoms with van der Waals surface area (Å²) in [5.74, 6) is 0. The van der Waals surface area contributed by atoms with Gasteiger partial charge in [0.25, 0.3) is 0 Å². The van der Waals surface area contributed by atoms with E-state index in [0.29, 0.717) is 23.1 Å². The minimum absolute atomic E-state index is 0.446. The zero-order valence-corrected chi connectivity index (χ0v) is 12.1. The van der Waals surface area contributed by atoms with E-state index in [0.717, 1.165) is 0 Å². The van der Waals surface area contributed by atoms with Gasteiger partial charge in [-0.3, -0.25) is 4.79 Å². The number of carbonyl (C=O) groups excluding carboxylic acids is 1. The summed E-state index contributed by atoms with van der Waals surface area (Å²) in [6.45, 7) is 7.86. The lowest BCUT2D eigenvalue weighted by atomic mass is 9.78. The first-order valence-corrected chi connectivity index (χ1v) is 6.40.